The van der Waals surface area contributed by atoms with E-state index in [-0.39, 0.29) is 17.6 Å². The fraction of sp³-hybridized carbons (Fsp3) is 0.385. The number of nitrogens with one attached hydrogen (secondary N) is 1. The number of piperidine rings is 1. The van der Waals surface area contributed by atoms with Gasteiger partial charge in [0.15, 0.2) is 0 Å². The van der Waals surface area contributed by atoms with E-state index in [0.717, 1.165) is 40.1 Å². The summed E-state index contributed by atoms with van der Waals surface area (Å²) in [5.74, 6) is 1.78. The SMILES string of the molecule is CC1=Nc2ccccc2N=C(NC(=O)CSC(=S)N2C[C@H](C)C[C@@H](C)C2)[C@@H]1c1ccccc1. The zero-order valence-electron chi connectivity index (χ0n) is 19.3. The smallest absolute Gasteiger partial charge is 0.235 e. The molecule has 1 N–H and O–H groups in total. The second kappa shape index (κ2) is 10.6. The molecule has 1 amide bonds. The van der Waals surface area contributed by atoms with Crippen molar-refractivity contribution in [3.05, 3.63) is 60.2 Å². The Morgan fingerprint density at radius 3 is 2.30 bits per heavy atom. The third-order valence-corrected chi connectivity index (χ3v) is 7.49. The van der Waals surface area contributed by atoms with Gasteiger partial charge >= 0.3 is 0 Å². The summed E-state index contributed by atoms with van der Waals surface area (Å²) in [4.78, 5) is 24.9. The van der Waals surface area contributed by atoms with Gasteiger partial charge in [0.2, 0.25) is 5.91 Å². The molecule has 2 aliphatic heterocycles. The predicted molar refractivity (Wildman–Crippen MR) is 143 cm³/mol. The molecule has 2 aromatic carbocycles. The van der Waals surface area contributed by atoms with Crippen LogP contribution >= 0.6 is 24.0 Å². The summed E-state index contributed by atoms with van der Waals surface area (Å²) in [6.07, 6.45) is 1.23. The van der Waals surface area contributed by atoms with Gasteiger partial charge in [0.05, 0.1) is 23.0 Å². The van der Waals surface area contributed by atoms with Crippen molar-refractivity contribution in [3.63, 3.8) is 0 Å². The number of carbonyl (C=O) groups excluding carboxylic acids is 1. The molecule has 7 heteroatoms. The van der Waals surface area contributed by atoms with Crippen LogP contribution in [0.1, 0.15) is 38.7 Å². The summed E-state index contributed by atoms with van der Waals surface area (Å²) < 4.78 is 0.800. The highest BCUT2D eigenvalue weighted by atomic mass is 32.2. The molecule has 1 fully saturated rings. The molecule has 2 heterocycles. The number of likely N-dealkylation sites (tertiary alicyclic amines) is 1. The number of amides is 1. The van der Waals surface area contributed by atoms with E-state index >= 15 is 0 Å². The molecule has 3 atom stereocenters. The van der Waals surface area contributed by atoms with Crippen molar-refractivity contribution >= 4 is 57.1 Å². The van der Waals surface area contributed by atoms with Crippen LogP contribution < -0.4 is 5.32 Å². The zero-order valence-corrected chi connectivity index (χ0v) is 21.0. The van der Waals surface area contributed by atoms with Crippen LogP contribution in [0, 0.1) is 11.8 Å². The van der Waals surface area contributed by atoms with Crippen LogP contribution in [0.15, 0.2) is 64.6 Å². The highest BCUT2D eigenvalue weighted by molar-refractivity contribution is 8.23. The van der Waals surface area contributed by atoms with Gasteiger partial charge in [-0.25, -0.2) is 4.99 Å². The number of thiocarbonyl (C=S) groups is 1. The monoisotopic (exact) mass is 478 g/mol. The average Bonchev–Trinajstić information content (AvgIpc) is 2.92. The van der Waals surface area contributed by atoms with E-state index in [0.29, 0.717) is 17.7 Å². The molecule has 4 rings (SSSR count). The number of nitrogens with zero attached hydrogens (tertiary/aromatic N) is 3. The molecular formula is C26H30N4OS2. The Kier molecular flexibility index (Phi) is 7.60. The maximum absolute atomic E-state index is 13.0. The summed E-state index contributed by atoms with van der Waals surface area (Å²) in [6.45, 7) is 8.45. The Morgan fingerprint density at radius 2 is 1.64 bits per heavy atom. The van der Waals surface area contributed by atoms with Crippen molar-refractivity contribution in [1.82, 2.24) is 10.2 Å². The van der Waals surface area contributed by atoms with Gasteiger partial charge < -0.3 is 10.2 Å². The topological polar surface area (TPSA) is 57.1 Å². The number of hydrogen-bond donors (Lipinski definition) is 1. The third kappa shape index (κ3) is 5.89. The Bertz CT molecular complexity index is 1070. The molecule has 0 saturated carbocycles. The van der Waals surface area contributed by atoms with E-state index in [9.17, 15) is 4.79 Å². The standard InChI is InChI=1S/C26H30N4OS2/c1-17-13-18(2)15-30(14-17)26(32)33-16-23(31)29-25-24(20-9-5-4-6-10-20)19(3)27-21-11-7-8-12-22(21)28-25/h4-12,17-18,24H,13-16H2,1-3H3,(H,28,29,31)/t17-,18-,24+/m1/s1. The lowest BCUT2D eigenvalue weighted by Crippen LogP contribution is -2.42. The molecule has 0 unspecified atom stereocenters. The lowest BCUT2D eigenvalue weighted by Gasteiger charge is -2.36. The lowest BCUT2D eigenvalue weighted by atomic mass is 9.92. The van der Waals surface area contributed by atoms with Crippen LogP contribution in [0.25, 0.3) is 0 Å². The highest BCUT2D eigenvalue weighted by Crippen LogP contribution is 2.34. The molecule has 0 aromatic heterocycles. The van der Waals surface area contributed by atoms with Crippen LogP contribution in [-0.2, 0) is 4.79 Å². The Hall–Kier alpha value is -2.51. The van der Waals surface area contributed by atoms with Crippen LogP contribution in [0.5, 0.6) is 0 Å². The summed E-state index contributed by atoms with van der Waals surface area (Å²) in [7, 11) is 0. The van der Waals surface area contributed by atoms with Gasteiger partial charge in [0.25, 0.3) is 0 Å². The van der Waals surface area contributed by atoms with Crippen molar-refractivity contribution in [2.24, 2.45) is 21.8 Å². The van der Waals surface area contributed by atoms with Gasteiger partial charge in [-0.2, -0.15) is 0 Å². The minimum absolute atomic E-state index is 0.104. The van der Waals surface area contributed by atoms with Gasteiger partial charge in [0, 0.05) is 18.8 Å². The maximum Gasteiger partial charge on any atom is 0.235 e. The normalized spacial score (nSPS) is 22.5. The first-order valence-corrected chi connectivity index (χ1v) is 12.8. The number of aliphatic imine (C=N–C) groups is 2. The summed E-state index contributed by atoms with van der Waals surface area (Å²) in [5, 5.41) is 3.09. The molecular weight excluding hydrogens is 448 g/mol. The lowest BCUT2D eigenvalue weighted by molar-refractivity contribution is -0.117. The highest BCUT2D eigenvalue weighted by Gasteiger charge is 2.27. The fourth-order valence-corrected chi connectivity index (χ4v) is 5.64. The van der Waals surface area contributed by atoms with Gasteiger partial charge in [-0.1, -0.05) is 80.3 Å². The van der Waals surface area contributed by atoms with Gasteiger partial charge in [-0.3, -0.25) is 9.79 Å². The van der Waals surface area contributed by atoms with Crippen LogP contribution in [0.2, 0.25) is 0 Å². The van der Waals surface area contributed by atoms with Crippen LogP contribution in [-0.4, -0.2) is 45.5 Å². The third-order valence-electron chi connectivity index (χ3n) is 5.96. The van der Waals surface area contributed by atoms with E-state index in [1.165, 1.54) is 18.2 Å². The molecule has 33 heavy (non-hydrogen) atoms. The molecule has 0 radical (unpaired) electrons. The van der Waals surface area contributed by atoms with E-state index < -0.39 is 0 Å². The number of rotatable bonds is 3. The number of benzene rings is 2. The van der Waals surface area contributed by atoms with E-state index in [4.69, 9.17) is 22.2 Å². The second-order valence-corrected chi connectivity index (χ2v) is 10.6. The number of fused-ring (bicyclic) bond motifs is 1. The molecule has 0 spiro atoms. The first kappa shape index (κ1) is 23.6. The maximum atomic E-state index is 13.0. The summed E-state index contributed by atoms with van der Waals surface area (Å²) >= 11 is 7.09. The Balaban J connectivity index is 1.50. The summed E-state index contributed by atoms with van der Waals surface area (Å²) in [5.41, 5.74) is 3.50. The van der Waals surface area contributed by atoms with Crippen molar-refractivity contribution in [2.75, 3.05) is 18.8 Å². The van der Waals surface area contributed by atoms with Crippen molar-refractivity contribution in [1.29, 1.82) is 0 Å². The Labute approximate surface area is 205 Å². The van der Waals surface area contributed by atoms with Crippen LogP contribution in [0.3, 0.4) is 0 Å². The molecule has 2 aliphatic rings. The predicted octanol–water partition coefficient (Wildman–Crippen LogP) is 5.72. The minimum atomic E-state index is -0.219. The summed E-state index contributed by atoms with van der Waals surface area (Å²) in [6, 6.07) is 17.8. The quantitative estimate of drug-likeness (QED) is 0.574. The van der Waals surface area contributed by atoms with E-state index in [1.54, 1.807) is 0 Å². The number of amidine groups is 1. The second-order valence-electron chi connectivity index (χ2n) is 9.04. The molecule has 172 valence electrons. The van der Waals surface area contributed by atoms with Crippen molar-refractivity contribution in [3.8, 4) is 0 Å². The van der Waals surface area contributed by atoms with Gasteiger partial charge in [-0.15, -0.1) is 0 Å². The van der Waals surface area contributed by atoms with E-state index in [1.807, 2.05) is 61.5 Å². The number of thioether (sulfide) groups is 1. The zero-order chi connectivity index (χ0) is 23.4. The molecule has 1 saturated heterocycles. The molecule has 0 bridgehead atoms. The van der Waals surface area contributed by atoms with Gasteiger partial charge in [0.1, 0.15) is 10.2 Å². The van der Waals surface area contributed by atoms with Crippen molar-refractivity contribution < 1.29 is 4.79 Å². The minimum Gasteiger partial charge on any atom is -0.357 e. The van der Waals surface area contributed by atoms with E-state index in [2.05, 4.69) is 24.1 Å². The fourth-order valence-electron chi connectivity index (χ4n) is 4.65. The molecule has 2 aromatic rings. The first-order chi connectivity index (χ1) is 15.9. The van der Waals surface area contributed by atoms with Gasteiger partial charge in [-0.05, 0) is 42.9 Å². The van der Waals surface area contributed by atoms with Crippen molar-refractivity contribution in [2.45, 2.75) is 33.1 Å². The number of para-hydroxylation sites is 2. The van der Waals surface area contributed by atoms with Crippen LogP contribution in [0.4, 0.5) is 11.4 Å². The Morgan fingerprint density at radius 1 is 1.03 bits per heavy atom. The molecule has 0 aliphatic carbocycles. The first-order valence-electron chi connectivity index (χ1n) is 11.4. The molecule has 5 nitrogen and oxygen atoms in total. The number of carbonyl (C=O) groups is 1. The average molecular weight is 479 g/mol. The largest absolute Gasteiger partial charge is 0.357 e. The number of hydrogen-bond acceptors (Lipinski definition) is 5.